The average Bonchev–Trinajstić information content (AvgIpc) is 3.33. The van der Waals surface area contributed by atoms with E-state index in [9.17, 15) is 9.59 Å². The summed E-state index contributed by atoms with van der Waals surface area (Å²) in [5.41, 5.74) is 2.85. The van der Waals surface area contributed by atoms with Crippen molar-refractivity contribution in [2.75, 3.05) is 11.9 Å². The van der Waals surface area contributed by atoms with Gasteiger partial charge in [-0.15, -0.1) is 11.3 Å². The van der Waals surface area contributed by atoms with Gasteiger partial charge >= 0.3 is 5.97 Å². The first kappa shape index (κ1) is 18.6. The summed E-state index contributed by atoms with van der Waals surface area (Å²) in [7, 11) is 0. The molecule has 0 saturated heterocycles. The first-order valence-electron chi connectivity index (χ1n) is 8.11. The summed E-state index contributed by atoms with van der Waals surface area (Å²) in [5, 5.41) is 8.88. The molecule has 0 bridgehead atoms. The fraction of sp³-hybridized carbons (Fsp3) is 0.222. The van der Waals surface area contributed by atoms with Crippen LogP contribution in [0.5, 0.6) is 0 Å². The Bertz CT molecular complexity index is 985. The molecule has 0 aliphatic rings. The van der Waals surface area contributed by atoms with Crippen LogP contribution in [0.4, 0.5) is 5.82 Å². The molecule has 0 unspecified atom stereocenters. The van der Waals surface area contributed by atoms with Crippen molar-refractivity contribution >= 4 is 35.1 Å². The summed E-state index contributed by atoms with van der Waals surface area (Å²) in [6.07, 6.45) is 4.70. The molecule has 1 N–H and O–H groups in total. The molecule has 3 rings (SSSR count). The molecule has 9 heteroatoms. The zero-order chi connectivity index (χ0) is 19.4. The fourth-order valence-corrected chi connectivity index (χ4v) is 3.28. The maximum atomic E-state index is 11.9. The number of thiazole rings is 1. The van der Waals surface area contributed by atoms with E-state index < -0.39 is 18.5 Å². The van der Waals surface area contributed by atoms with Crippen LogP contribution in [-0.4, -0.2) is 33.2 Å². The van der Waals surface area contributed by atoms with Gasteiger partial charge in [0.25, 0.3) is 5.91 Å². The average molecular weight is 386 g/mol. The van der Waals surface area contributed by atoms with Crippen LogP contribution in [0.3, 0.4) is 0 Å². The Hall–Kier alpha value is -3.20. The lowest BCUT2D eigenvalue weighted by molar-refractivity contribution is -0.142. The van der Waals surface area contributed by atoms with Gasteiger partial charge in [0.15, 0.2) is 17.6 Å². The molecular formula is C18H18N4O4S. The highest BCUT2D eigenvalue weighted by atomic mass is 32.1. The van der Waals surface area contributed by atoms with Crippen molar-refractivity contribution in [3.63, 3.8) is 0 Å². The van der Waals surface area contributed by atoms with Gasteiger partial charge in [0.05, 0.1) is 0 Å². The zero-order valence-electron chi connectivity index (χ0n) is 15.1. The number of hydrogen-bond donors (Lipinski definition) is 1. The molecule has 0 atom stereocenters. The summed E-state index contributed by atoms with van der Waals surface area (Å²) in [6.45, 7) is 5.22. The number of nitrogens with one attached hydrogen (secondary N) is 1. The largest absolute Gasteiger partial charge is 0.452 e. The number of carbonyl (C=O) groups excluding carboxylic acids is 2. The third-order valence-corrected chi connectivity index (χ3v) is 4.48. The van der Waals surface area contributed by atoms with Gasteiger partial charge in [-0.25, -0.2) is 9.78 Å². The topological polar surface area (TPSA) is 99.2 Å². The molecule has 27 heavy (non-hydrogen) atoms. The molecule has 0 aliphatic carbocycles. The normalized spacial score (nSPS) is 11.1. The van der Waals surface area contributed by atoms with E-state index in [4.69, 9.17) is 9.26 Å². The van der Waals surface area contributed by atoms with Gasteiger partial charge in [0.1, 0.15) is 5.76 Å². The smallest absolute Gasteiger partial charge is 0.331 e. The maximum absolute atomic E-state index is 11.9. The quantitative estimate of drug-likeness (QED) is 0.516. The zero-order valence-corrected chi connectivity index (χ0v) is 15.9. The number of anilines is 1. The van der Waals surface area contributed by atoms with Gasteiger partial charge in [-0.2, -0.15) is 0 Å². The molecular weight excluding hydrogens is 368 g/mol. The van der Waals surface area contributed by atoms with Crippen molar-refractivity contribution in [2.24, 2.45) is 0 Å². The second-order valence-corrected chi connectivity index (χ2v) is 6.66. The molecule has 0 fully saturated rings. The van der Waals surface area contributed by atoms with E-state index in [1.807, 2.05) is 29.9 Å². The predicted octanol–water partition coefficient (Wildman–Crippen LogP) is 3.04. The lowest BCUT2D eigenvalue weighted by Gasteiger charge is -2.04. The van der Waals surface area contributed by atoms with Crippen LogP contribution >= 0.6 is 11.3 Å². The lowest BCUT2D eigenvalue weighted by atomic mass is 10.2. The number of esters is 1. The Labute approximate surface area is 159 Å². The molecule has 1 amide bonds. The van der Waals surface area contributed by atoms with Gasteiger partial charge in [-0.1, -0.05) is 5.16 Å². The van der Waals surface area contributed by atoms with E-state index >= 15 is 0 Å². The molecule has 3 aromatic rings. The van der Waals surface area contributed by atoms with Crippen molar-refractivity contribution in [3.05, 3.63) is 52.5 Å². The van der Waals surface area contributed by atoms with Crippen LogP contribution in [0, 0.1) is 20.8 Å². The van der Waals surface area contributed by atoms with Crippen LogP contribution in [-0.2, 0) is 14.3 Å². The van der Waals surface area contributed by atoms with Crippen molar-refractivity contribution in [1.29, 1.82) is 0 Å². The first-order chi connectivity index (χ1) is 12.9. The van der Waals surface area contributed by atoms with Gasteiger partial charge < -0.3 is 14.6 Å². The molecule has 3 heterocycles. The Kier molecular flexibility index (Phi) is 5.51. The third kappa shape index (κ3) is 4.50. The number of aromatic nitrogens is 3. The third-order valence-electron chi connectivity index (χ3n) is 3.72. The SMILES string of the molecule is Cc1cc(NC(=O)COC(=O)/C=C/c2cc(C)n(-c3nccs3)c2C)no1. The summed E-state index contributed by atoms with van der Waals surface area (Å²) in [4.78, 5) is 27.9. The number of nitrogens with zero attached hydrogens (tertiary/aromatic N) is 3. The minimum Gasteiger partial charge on any atom is -0.452 e. The van der Waals surface area contributed by atoms with Gasteiger partial charge in [-0.05, 0) is 38.5 Å². The molecule has 8 nitrogen and oxygen atoms in total. The number of amides is 1. The van der Waals surface area contributed by atoms with Crippen molar-refractivity contribution in [2.45, 2.75) is 20.8 Å². The monoisotopic (exact) mass is 386 g/mol. The van der Waals surface area contributed by atoms with Gasteiger partial charge in [-0.3, -0.25) is 9.36 Å². The summed E-state index contributed by atoms with van der Waals surface area (Å²) < 4.78 is 11.8. The molecule has 3 aromatic heterocycles. The van der Waals surface area contributed by atoms with E-state index in [-0.39, 0.29) is 5.82 Å². The van der Waals surface area contributed by atoms with Crippen molar-refractivity contribution < 1.29 is 18.8 Å². The molecule has 0 saturated carbocycles. The van der Waals surface area contributed by atoms with E-state index in [1.54, 1.807) is 25.3 Å². The lowest BCUT2D eigenvalue weighted by Crippen LogP contribution is -2.20. The van der Waals surface area contributed by atoms with E-state index in [0.717, 1.165) is 22.1 Å². The van der Waals surface area contributed by atoms with Crippen LogP contribution in [0.1, 0.15) is 22.7 Å². The minimum absolute atomic E-state index is 0.277. The van der Waals surface area contributed by atoms with Gasteiger partial charge in [0.2, 0.25) is 0 Å². The van der Waals surface area contributed by atoms with Crippen LogP contribution in [0.15, 0.2) is 34.3 Å². The number of rotatable bonds is 6. The van der Waals surface area contributed by atoms with Crippen molar-refractivity contribution in [3.8, 4) is 5.13 Å². The molecule has 0 aromatic carbocycles. The van der Waals surface area contributed by atoms with Crippen LogP contribution in [0.2, 0.25) is 0 Å². The van der Waals surface area contributed by atoms with Crippen LogP contribution < -0.4 is 5.32 Å². The number of hydrogen-bond acceptors (Lipinski definition) is 7. The second-order valence-electron chi connectivity index (χ2n) is 5.79. The molecule has 0 aliphatic heterocycles. The first-order valence-corrected chi connectivity index (χ1v) is 8.99. The standard InChI is InChI=1S/C18H18N4O4S/c1-11-8-14(13(3)22(11)18-19-6-7-27-18)4-5-17(24)25-10-16(23)20-15-9-12(2)26-21-15/h4-9H,10H2,1-3H3,(H,20,21,23)/b5-4+. The van der Waals surface area contributed by atoms with E-state index in [2.05, 4.69) is 15.5 Å². The second kappa shape index (κ2) is 8.00. The predicted molar refractivity (Wildman–Crippen MR) is 101 cm³/mol. The highest BCUT2D eigenvalue weighted by molar-refractivity contribution is 7.12. The highest BCUT2D eigenvalue weighted by Crippen LogP contribution is 2.23. The Morgan fingerprint density at radius 3 is 2.81 bits per heavy atom. The minimum atomic E-state index is -0.611. The summed E-state index contributed by atoms with van der Waals surface area (Å²) >= 11 is 1.54. The molecule has 140 valence electrons. The van der Waals surface area contributed by atoms with Crippen LogP contribution in [0.25, 0.3) is 11.2 Å². The highest BCUT2D eigenvalue weighted by Gasteiger charge is 2.12. The maximum Gasteiger partial charge on any atom is 0.331 e. The summed E-state index contributed by atoms with van der Waals surface area (Å²) in [6, 6.07) is 3.53. The molecule has 0 spiro atoms. The Balaban J connectivity index is 1.57. The Morgan fingerprint density at radius 1 is 1.33 bits per heavy atom. The van der Waals surface area contributed by atoms with Crippen molar-refractivity contribution in [1.82, 2.24) is 14.7 Å². The molecule has 0 radical (unpaired) electrons. The number of aryl methyl sites for hydroxylation is 2. The van der Waals surface area contributed by atoms with E-state index in [0.29, 0.717) is 5.76 Å². The number of ether oxygens (including phenoxy) is 1. The van der Waals surface area contributed by atoms with E-state index in [1.165, 1.54) is 17.4 Å². The Morgan fingerprint density at radius 2 is 2.15 bits per heavy atom. The fourth-order valence-electron chi connectivity index (χ4n) is 2.52. The van der Waals surface area contributed by atoms with Gasteiger partial charge in [0, 0.05) is 35.1 Å². The summed E-state index contributed by atoms with van der Waals surface area (Å²) in [5.74, 6) is -0.258. The number of carbonyl (C=O) groups is 2.